The molecule has 0 aliphatic carbocycles. The van der Waals surface area contributed by atoms with E-state index in [4.69, 9.17) is 10.2 Å². The molecule has 2 rings (SSSR count). The van der Waals surface area contributed by atoms with Gasteiger partial charge in [0, 0.05) is 0 Å². The summed E-state index contributed by atoms with van der Waals surface area (Å²) in [6.07, 6.45) is -0.00446. The van der Waals surface area contributed by atoms with E-state index < -0.39 is 17.9 Å². The van der Waals surface area contributed by atoms with Gasteiger partial charge in [0.2, 0.25) is 0 Å². The smallest absolute Gasteiger partial charge is 0.318 e. The normalized spacial score (nSPS) is 10.7. The lowest BCUT2D eigenvalue weighted by molar-refractivity contribution is -0.154. The molecule has 0 spiro atoms. The summed E-state index contributed by atoms with van der Waals surface area (Å²) in [5.41, 5.74) is 0.712. The van der Waals surface area contributed by atoms with Crippen molar-refractivity contribution in [1.29, 1.82) is 0 Å². The van der Waals surface area contributed by atoms with E-state index in [1.807, 2.05) is 36.4 Å². The van der Waals surface area contributed by atoms with Gasteiger partial charge in [0.1, 0.15) is 0 Å². The SMILES string of the molecule is O=C(O)C(Cc1ccc2ccccc2c1)C(=O)O. The number of benzene rings is 2. The van der Waals surface area contributed by atoms with Crippen molar-refractivity contribution >= 4 is 22.7 Å². The van der Waals surface area contributed by atoms with Gasteiger partial charge in [-0.15, -0.1) is 0 Å². The van der Waals surface area contributed by atoms with Crippen LogP contribution in [0.25, 0.3) is 10.8 Å². The molecular formula is C14H12O4. The highest BCUT2D eigenvalue weighted by Gasteiger charge is 2.25. The molecule has 0 aliphatic heterocycles. The average Bonchev–Trinajstić information content (AvgIpc) is 2.35. The second-order valence-corrected chi connectivity index (χ2v) is 4.11. The van der Waals surface area contributed by atoms with Crippen molar-refractivity contribution in [2.24, 2.45) is 5.92 Å². The molecule has 4 heteroatoms. The summed E-state index contributed by atoms with van der Waals surface area (Å²) in [6.45, 7) is 0. The van der Waals surface area contributed by atoms with Crippen LogP contribution in [0.15, 0.2) is 42.5 Å². The van der Waals surface area contributed by atoms with E-state index in [9.17, 15) is 9.59 Å². The van der Waals surface area contributed by atoms with Crippen LogP contribution in [0.1, 0.15) is 5.56 Å². The fourth-order valence-electron chi connectivity index (χ4n) is 1.88. The van der Waals surface area contributed by atoms with Crippen LogP contribution in [0.4, 0.5) is 0 Å². The van der Waals surface area contributed by atoms with Crippen molar-refractivity contribution in [2.45, 2.75) is 6.42 Å². The van der Waals surface area contributed by atoms with Gasteiger partial charge in [-0.3, -0.25) is 9.59 Å². The Morgan fingerprint density at radius 1 is 0.944 bits per heavy atom. The molecule has 2 N–H and O–H groups in total. The number of fused-ring (bicyclic) bond motifs is 1. The Morgan fingerprint density at radius 3 is 2.17 bits per heavy atom. The van der Waals surface area contributed by atoms with E-state index >= 15 is 0 Å². The van der Waals surface area contributed by atoms with Crippen LogP contribution in [0, 0.1) is 5.92 Å². The maximum Gasteiger partial charge on any atom is 0.318 e. The van der Waals surface area contributed by atoms with Crippen LogP contribution in [0.3, 0.4) is 0 Å². The molecule has 0 aliphatic rings. The highest BCUT2D eigenvalue weighted by atomic mass is 16.4. The van der Waals surface area contributed by atoms with Gasteiger partial charge in [0.15, 0.2) is 5.92 Å². The Bertz CT molecular complexity index is 590. The summed E-state index contributed by atoms with van der Waals surface area (Å²) in [5.74, 6) is -4.02. The summed E-state index contributed by atoms with van der Waals surface area (Å²) in [4.78, 5) is 21.7. The number of hydrogen-bond acceptors (Lipinski definition) is 2. The van der Waals surface area contributed by atoms with E-state index in [0.29, 0.717) is 5.56 Å². The number of carboxylic acids is 2. The van der Waals surface area contributed by atoms with Crippen molar-refractivity contribution in [3.63, 3.8) is 0 Å². The molecule has 92 valence electrons. The van der Waals surface area contributed by atoms with Gasteiger partial charge in [-0.1, -0.05) is 42.5 Å². The third-order valence-electron chi connectivity index (χ3n) is 2.85. The van der Waals surface area contributed by atoms with Gasteiger partial charge >= 0.3 is 11.9 Å². The van der Waals surface area contributed by atoms with Crippen molar-refractivity contribution in [3.05, 3.63) is 48.0 Å². The van der Waals surface area contributed by atoms with Crippen molar-refractivity contribution in [2.75, 3.05) is 0 Å². The molecule has 0 saturated heterocycles. The second-order valence-electron chi connectivity index (χ2n) is 4.11. The summed E-state index contributed by atoms with van der Waals surface area (Å²) < 4.78 is 0. The van der Waals surface area contributed by atoms with Gasteiger partial charge in [-0.05, 0) is 22.8 Å². The van der Waals surface area contributed by atoms with Gasteiger partial charge in [-0.25, -0.2) is 0 Å². The minimum Gasteiger partial charge on any atom is -0.481 e. The Balaban J connectivity index is 2.31. The van der Waals surface area contributed by atoms with Crippen molar-refractivity contribution < 1.29 is 19.8 Å². The van der Waals surface area contributed by atoms with E-state index in [1.165, 1.54) is 0 Å². The Kier molecular flexibility index (Phi) is 3.28. The molecule has 2 aromatic rings. The molecular weight excluding hydrogens is 232 g/mol. The predicted molar refractivity (Wildman–Crippen MR) is 66.4 cm³/mol. The fourth-order valence-corrected chi connectivity index (χ4v) is 1.88. The lowest BCUT2D eigenvalue weighted by Gasteiger charge is -2.08. The van der Waals surface area contributed by atoms with Crippen molar-refractivity contribution in [1.82, 2.24) is 0 Å². The largest absolute Gasteiger partial charge is 0.481 e. The molecule has 18 heavy (non-hydrogen) atoms. The van der Waals surface area contributed by atoms with E-state index in [2.05, 4.69) is 0 Å². The molecule has 0 bridgehead atoms. The Hall–Kier alpha value is -2.36. The maximum atomic E-state index is 10.8. The molecule has 0 heterocycles. The van der Waals surface area contributed by atoms with Crippen LogP contribution in [-0.2, 0) is 16.0 Å². The first-order valence-corrected chi connectivity index (χ1v) is 5.51. The van der Waals surface area contributed by atoms with Crippen LogP contribution >= 0.6 is 0 Å². The van der Waals surface area contributed by atoms with Crippen LogP contribution in [0.5, 0.6) is 0 Å². The molecule has 0 saturated carbocycles. The van der Waals surface area contributed by atoms with Crippen LogP contribution in [0.2, 0.25) is 0 Å². The zero-order chi connectivity index (χ0) is 13.1. The quantitative estimate of drug-likeness (QED) is 0.808. The topological polar surface area (TPSA) is 74.6 Å². The third kappa shape index (κ3) is 2.48. The van der Waals surface area contributed by atoms with Gasteiger partial charge < -0.3 is 10.2 Å². The molecule has 0 fully saturated rings. The minimum absolute atomic E-state index is 0.00446. The molecule has 2 aromatic carbocycles. The number of aliphatic carboxylic acids is 2. The van der Waals surface area contributed by atoms with E-state index in [-0.39, 0.29) is 6.42 Å². The fraction of sp³-hybridized carbons (Fsp3) is 0.143. The lowest BCUT2D eigenvalue weighted by atomic mass is 9.97. The third-order valence-corrected chi connectivity index (χ3v) is 2.85. The summed E-state index contributed by atoms with van der Waals surface area (Å²) in [6, 6.07) is 13.1. The molecule has 0 amide bonds. The molecule has 0 radical (unpaired) electrons. The Labute approximate surface area is 103 Å². The van der Waals surface area contributed by atoms with Gasteiger partial charge in [0.25, 0.3) is 0 Å². The van der Waals surface area contributed by atoms with E-state index in [0.717, 1.165) is 10.8 Å². The highest BCUT2D eigenvalue weighted by molar-refractivity contribution is 5.93. The van der Waals surface area contributed by atoms with Gasteiger partial charge in [-0.2, -0.15) is 0 Å². The first-order valence-electron chi connectivity index (χ1n) is 5.51. The Morgan fingerprint density at radius 2 is 1.56 bits per heavy atom. The first kappa shape index (κ1) is 12.1. The number of carboxylic acid groups (broad SMARTS) is 2. The van der Waals surface area contributed by atoms with Crippen LogP contribution < -0.4 is 0 Å². The van der Waals surface area contributed by atoms with Gasteiger partial charge in [0.05, 0.1) is 0 Å². The molecule has 4 nitrogen and oxygen atoms in total. The zero-order valence-corrected chi connectivity index (χ0v) is 9.54. The summed E-state index contributed by atoms with van der Waals surface area (Å²) in [7, 11) is 0. The van der Waals surface area contributed by atoms with E-state index in [1.54, 1.807) is 6.07 Å². The maximum absolute atomic E-state index is 10.8. The summed E-state index contributed by atoms with van der Waals surface area (Å²) in [5, 5.41) is 19.7. The lowest BCUT2D eigenvalue weighted by Crippen LogP contribution is -2.25. The summed E-state index contributed by atoms with van der Waals surface area (Å²) >= 11 is 0. The molecule has 0 atom stereocenters. The predicted octanol–water partition coefficient (Wildman–Crippen LogP) is 2.17. The highest BCUT2D eigenvalue weighted by Crippen LogP contribution is 2.18. The number of rotatable bonds is 4. The molecule has 0 aromatic heterocycles. The number of hydrogen-bond donors (Lipinski definition) is 2. The average molecular weight is 244 g/mol. The first-order chi connectivity index (χ1) is 8.58. The monoisotopic (exact) mass is 244 g/mol. The second kappa shape index (κ2) is 4.87. The standard InChI is InChI=1S/C14H12O4/c15-13(16)12(14(17)18)8-9-5-6-10-3-1-2-4-11(10)7-9/h1-7,12H,8H2,(H,15,16)(H,17,18). The zero-order valence-electron chi connectivity index (χ0n) is 9.54. The van der Waals surface area contributed by atoms with Crippen LogP contribution in [-0.4, -0.2) is 22.2 Å². The number of carbonyl (C=O) groups is 2. The van der Waals surface area contributed by atoms with Crippen molar-refractivity contribution in [3.8, 4) is 0 Å². The minimum atomic E-state index is -1.40. The molecule has 0 unspecified atom stereocenters.